The molecular weight excluding hydrogens is 402 g/mol. The van der Waals surface area contributed by atoms with Crippen molar-refractivity contribution in [1.82, 2.24) is 8.61 Å². The third-order valence-corrected chi connectivity index (χ3v) is 6.48. The summed E-state index contributed by atoms with van der Waals surface area (Å²) in [6, 6.07) is 14.1. The molecule has 28 heavy (non-hydrogen) atoms. The summed E-state index contributed by atoms with van der Waals surface area (Å²) in [6.07, 6.45) is 0. The summed E-state index contributed by atoms with van der Waals surface area (Å²) in [5, 5.41) is 3.32. The van der Waals surface area contributed by atoms with Crippen LogP contribution < -0.4 is 10.1 Å². The highest BCUT2D eigenvalue weighted by Crippen LogP contribution is 2.24. The maximum atomic E-state index is 12.7. The number of para-hydroxylation sites is 2. The van der Waals surface area contributed by atoms with Gasteiger partial charge in [0, 0.05) is 24.7 Å². The molecule has 0 aliphatic carbocycles. The topological polar surface area (TPSA) is 79.0 Å². The molecule has 1 saturated heterocycles. The number of benzene rings is 2. The Morgan fingerprint density at radius 1 is 1.11 bits per heavy atom. The Bertz CT molecular complexity index is 934. The summed E-state index contributed by atoms with van der Waals surface area (Å²) in [5.74, 6) is 0.135. The molecule has 0 aromatic heterocycles. The van der Waals surface area contributed by atoms with E-state index in [0.717, 1.165) is 5.56 Å². The first-order chi connectivity index (χ1) is 13.4. The number of halogens is 1. The fourth-order valence-corrected chi connectivity index (χ4v) is 4.60. The van der Waals surface area contributed by atoms with Crippen molar-refractivity contribution in [2.45, 2.75) is 13.5 Å². The minimum atomic E-state index is -3.70. The molecule has 0 bridgehead atoms. The molecule has 1 N–H and O–H groups in total. The van der Waals surface area contributed by atoms with Gasteiger partial charge in [0.15, 0.2) is 0 Å². The van der Waals surface area contributed by atoms with Crippen LogP contribution in [-0.4, -0.2) is 49.2 Å². The number of ether oxygens (including phenoxy) is 1. The first-order valence-corrected chi connectivity index (χ1v) is 10.7. The van der Waals surface area contributed by atoms with E-state index in [9.17, 15) is 13.2 Å². The van der Waals surface area contributed by atoms with E-state index in [4.69, 9.17) is 16.3 Å². The van der Waals surface area contributed by atoms with Crippen LogP contribution >= 0.6 is 11.6 Å². The molecule has 0 unspecified atom stereocenters. The molecule has 2 aromatic rings. The largest absolute Gasteiger partial charge is 0.492 e. The number of rotatable bonds is 7. The van der Waals surface area contributed by atoms with Crippen molar-refractivity contribution in [3.8, 4) is 5.75 Å². The summed E-state index contributed by atoms with van der Waals surface area (Å²) in [5.41, 5.74) is 1.36. The SMILES string of the molecule is CCOc1ccccc1NC(=O)CN1CCN(Cc2ccc(Cl)cc2)S1(=O)=O. The fourth-order valence-electron chi connectivity index (χ4n) is 2.93. The normalized spacial score (nSPS) is 16.8. The highest BCUT2D eigenvalue weighted by Gasteiger charge is 2.37. The van der Waals surface area contributed by atoms with E-state index >= 15 is 0 Å². The third kappa shape index (κ3) is 4.82. The van der Waals surface area contributed by atoms with Gasteiger partial charge >= 0.3 is 0 Å². The average Bonchev–Trinajstić information content (AvgIpc) is 2.93. The van der Waals surface area contributed by atoms with Gasteiger partial charge in [0.1, 0.15) is 5.75 Å². The minimum absolute atomic E-state index is 0.241. The lowest BCUT2D eigenvalue weighted by atomic mass is 10.2. The molecule has 9 heteroatoms. The highest BCUT2D eigenvalue weighted by atomic mass is 35.5. The molecule has 3 rings (SSSR count). The van der Waals surface area contributed by atoms with Crippen LogP contribution in [0.3, 0.4) is 0 Å². The Hall–Kier alpha value is -2.13. The maximum Gasteiger partial charge on any atom is 0.282 e. The second-order valence-corrected chi connectivity index (χ2v) is 8.64. The first kappa shape index (κ1) is 20.6. The van der Waals surface area contributed by atoms with E-state index in [1.54, 1.807) is 48.5 Å². The van der Waals surface area contributed by atoms with Gasteiger partial charge in [0.05, 0.1) is 18.8 Å². The van der Waals surface area contributed by atoms with Crippen LogP contribution in [0, 0.1) is 0 Å². The monoisotopic (exact) mass is 423 g/mol. The number of nitrogens with one attached hydrogen (secondary N) is 1. The van der Waals surface area contributed by atoms with Gasteiger partial charge in [-0.15, -0.1) is 0 Å². The third-order valence-electron chi connectivity index (χ3n) is 4.30. The fraction of sp³-hybridized carbons (Fsp3) is 0.316. The van der Waals surface area contributed by atoms with E-state index in [-0.39, 0.29) is 19.6 Å². The van der Waals surface area contributed by atoms with Crippen LogP contribution in [0.4, 0.5) is 5.69 Å². The van der Waals surface area contributed by atoms with Crippen molar-refractivity contribution in [1.29, 1.82) is 0 Å². The zero-order chi connectivity index (χ0) is 20.1. The molecular formula is C19H22ClN3O4S. The smallest absolute Gasteiger partial charge is 0.282 e. The van der Waals surface area contributed by atoms with Crippen molar-refractivity contribution in [3.63, 3.8) is 0 Å². The Morgan fingerprint density at radius 2 is 1.79 bits per heavy atom. The van der Waals surface area contributed by atoms with Crippen LogP contribution in [-0.2, 0) is 21.5 Å². The second kappa shape index (κ2) is 8.91. The van der Waals surface area contributed by atoms with Gasteiger partial charge in [-0.1, -0.05) is 35.9 Å². The first-order valence-electron chi connectivity index (χ1n) is 8.91. The molecule has 2 aromatic carbocycles. The van der Waals surface area contributed by atoms with Crippen molar-refractivity contribution in [2.75, 3.05) is 31.6 Å². The molecule has 0 atom stereocenters. The Labute approximate surface area is 170 Å². The molecule has 1 heterocycles. The standard InChI is InChI=1S/C19H22ClN3O4S/c1-2-27-18-6-4-3-5-17(18)21-19(24)14-23-12-11-22(28(23,25)26)13-15-7-9-16(20)10-8-15/h3-10H,2,11-14H2,1H3,(H,21,24). The highest BCUT2D eigenvalue weighted by molar-refractivity contribution is 7.87. The van der Waals surface area contributed by atoms with E-state index in [0.29, 0.717) is 29.6 Å². The van der Waals surface area contributed by atoms with Crippen LogP contribution in [0.1, 0.15) is 12.5 Å². The Balaban J connectivity index is 1.63. The van der Waals surface area contributed by atoms with Gasteiger partial charge in [0.2, 0.25) is 5.91 Å². The van der Waals surface area contributed by atoms with Crippen molar-refractivity contribution < 1.29 is 17.9 Å². The zero-order valence-corrected chi connectivity index (χ0v) is 17.0. The molecule has 0 saturated carbocycles. The number of amides is 1. The van der Waals surface area contributed by atoms with Gasteiger partial charge in [0.25, 0.3) is 10.2 Å². The predicted octanol–water partition coefficient (Wildman–Crippen LogP) is 2.74. The van der Waals surface area contributed by atoms with Gasteiger partial charge < -0.3 is 10.1 Å². The number of nitrogens with zero attached hydrogens (tertiary/aromatic N) is 2. The quantitative estimate of drug-likeness (QED) is 0.742. The summed E-state index contributed by atoms with van der Waals surface area (Å²) in [4.78, 5) is 12.4. The molecule has 1 aliphatic heterocycles. The molecule has 1 fully saturated rings. The van der Waals surface area contributed by atoms with Crippen molar-refractivity contribution in [2.24, 2.45) is 0 Å². The summed E-state index contributed by atoms with van der Waals surface area (Å²) in [7, 11) is -3.70. The predicted molar refractivity (Wildman–Crippen MR) is 109 cm³/mol. The van der Waals surface area contributed by atoms with Crippen LogP contribution in [0.2, 0.25) is 5.02 Å². The van der Waals surface area contributed by atoms with Gasteiger partial charge in [-0.2, -0.15) is 17.0 Å². The molecule has 0 spiro atoms. The van der Waals surface area contributed by atoms with E-state index < -0.39 is 16.1 Å². The molecule has 150 valence electrons. The zero-order valence-electron chi connectivity index (χ0n) is 15.5. The molecule has 0 radical (unpaired) electrons. The van der Waals surface area contributed by atoms with Crippen LogP contribution in [0.15, 0.2) is 48.5 Å². The lowest BCUT2D eigenvalue weighted by Crippen LogP contribution is -2.37. The molecule has 1 aliphatic rings. The molecule has 7 nitrogen and oxygen atoms in total. The van der Waals surface area contributed by atoms with Crippen molar-refractivity contribution >= 4 is 33.4 Å². The van der Waals surface area contributed by atoms with E-state index in [1.807, 2.05) is 6.92 Å². The lowest BCUT2D eigenvalue weighted by molar-refractivity contribution is -0.116. The Kier molecular flexibility index (Phi) is 6.56. The molecule has 1 amide bonds. The van der Waals surface area contributed by atoms with E-state index in [1.165, 1.54) is 8.61 Å². The van der Waals surface area contributed by atoms with Gasteiger partial charge in [-0.3, -0.25) is 4.79 Å². The average molecular weight is 424 g/mol. The van der Waals surface area contributed by atoms with Crippen LogP contribution in [0.25, 0.3) is 0 Å². The number of hydrogen-bond donors (Lipinski definition) is 1. The summed E-state index contributed by atoms with van der Waals surface area (Å²) in [6.45, 7) is 2.90. The lowest BCUT2D eigenvalue weighted by Gasteiger charge is -2.19. The number of carbonyl (C=O) groups excluding carboxylic acids is 1. The Morgan fingerprint density at radius 3 is 2.50 bits per heavy atom. The minimum Gasteiger partial charge on any atom is -0.492 e. The van der Waals surface area contributed by atoms with Gasteiger partial charge in [-0.25, -0.2) is 0 Å². The van der Waals surface area contributed by atoms with Crippen LogP contribution in [0.5, 0.6) is 5.75 Å². The number of carbonyl (C=O) groups is 1. The maximum absolute atomic E-state index is 12.7. The second-order valence-electron chi connectivity index (χ2n) is 6.28. The number of anilines is 1. The van der Waals surface area contributed by atoms with E-state index in [2.05, 4.69) is 5.32 Å². The van der Waals surface area contributed by atoms with Gasteiger partial charge in [-0.05, 0) is 36.8 Å². The number of hydrogen-bond acceptors (Lipinski definition) is 4. The van der Waals surface area contributed by atoms with Crippen molar-refractivity contribution in [3.05, 3.63) is 59.1 Å². The summed E-state index contributed by atoms with van der Waals surface area (Å²) >= 11 is 5.87. The summed E-state index contributed by atoms with van der Waals surface area (Å²) < 4.78 is 33.5.